The maximum atomic E-state index is 6.20. The van der Waals surface area contributed by atoms with Crippen LogP contribution in [-0.4, -0.2) is 11.0 Å². The third kappa shape index (κ3) is 2.76. The molecule has 1 aromatic carbocycles. The zero-order chi connectivity index (χ0) is 14.1. The van der Waals surface area contributed by atoms with E-state index in [1.54, 1.807) is 34.4 Å². The van der Waals surface area contributed by atoms with Gasteiger partial charge in [-0.3, -0.25) is 0 Å². The molecule has 0 spiro atoms. The number of fused-ring (bicyclic) bond motifs is 1. The summed E-state index contributed by atoms with van der Waals surface area (Å²) in [6.07, 6.45) is 0. The number of thiophene rings is 1. The predicted octanol–water partition coefficient (Wildman–Crippen LogP) is 4.85. The maximum absolute atomic E-state index is 6.20. The van der Waals surface area contributed by atoms with Crippen molar-refractivity contribution < 1.29 is 0 Å². The van der Waals surface area contributed by atoms with Gasteiger partial charge in [0.2, 0.25) is 0 Å². The number of thioether (sulfide) groups is 1. The number of aromatic nitrogens is 1. The normalized spacial score (nSPS) is 14.6. The Kier molecular flexibility index (Phi) is 4.12. The van der Waals surface area contributed by atoms with Crippen LogP contribution in [0.3, 0.4) is 0 Å². The molecular weight excluding hydrogens is 304 g/mol. The number of para-hydroxylation sites is 1. The molecule has 2 atom stereocenters. The van der Waals surface area contributed by atoms with E-state index in [0.717, 1.165) is 9.86 Å². The van der Waals surface area contributed by atoms with E-state index in [1.165, 1.54) is 15.1 Å². The fraction of sp³-hybridized carbons (Fsp3) is 0.267. The molecule has 2 N–H and O–H groups in total. The number of benzene rings is 1. The van der Waals surface area contributed by atoms with Gasteiger partial charge in [-0.05, 0) is 43.0 Å². The minimum atomic E-state index is 0.101. The van der Waals surface area contributed by atoms with Crippen LogP contribution < -0.4 is 5.73 Å². The van der Waals surface area contributed by atoms with E-state index in [2.05, 4.69) is 43.5 Å². The van der Waals surface area contributed by atoms with Crippen LogP contribution in [0.2, 0.25) is 0 Å². The molecule has 0 radical (unpaired) electrons. The van der Waals surface area contributed by atoms with Gasteiger partial charge in [-0.2, -0.15) is 0 Å². The smallest absolute Gasteiger partial charge is 0.151 e. The lowest BCUT2D eigenvalue weighted by molar-refractivity contribution is 0.727. The van der Waals surface area contributed by atoms with Gasteiger partial charge in [-0.25, -0.2) is 4.98 Å². The van der Waals surface area contributed by atoms with E-state index >= 15 is 0 Å². The first kappa shape index (κ1) is 14.1. The lowest BCUT2D eigenvalue weighted by atomic mass is 10.1. The summed E-state index contributed by atoms with van der Waals surface area (Å²) >= 11 is 5.32. The van der Waals surface area contributed by atoms with E-state index < -0.39 is 0 Å². The van der Waals surface area contributed by atoms with E-state index in [4.69, 9.17) is 10.7 Å². The van der Waals surface area contributed by atoms with Crippen LogP contribution in [-0.2, 0) is 0 Å². The van der Waals surface area contributed by atoms with Crippen molar-refractivity contribution in [2.24, 2.45) is 5.73 Å². The number of hydrogen-bond acceptors (Lipinski definition) is 5. The number of nitrogens with zero attached hydrogens (tertiary/aromatic N) is 1. The Bertz CT molecular complexity index is 682. The SMILES string of the molecule is Cc1ccsc1C(Sc1nc2ccccc2s1)C(C)N. The van der Waals surface area contributed by atoms with Gasteiger partial charge in [0.05, 0.1) is 15.5 Å². The van der Waals surface area contributed by atoms with Gasteiger partial charge in [0.15, 0.2) is 4.34 Å². The minimum Gasteiger partial charge on any atom is -0.327 e. The molecule has 3 aromatic rings. The lowest BCUT2D eigenvalue weighted by Gasteiger charge is -2.18. The van der Waals surface area contributed by atoms with Crippen molar-refractivity contribution in [3.63, 3.8) is 0 Å². The molecular formula is C15H16N2S3. The molecule has 0 aliphatic carbocycles. The molecule has 0 saturated heterocycles. The van der Waals surface area contributed by atoms with Gasteiger partial charge in [0.1, 0.15) is 0 Å². The second kappa shape index (κ2) is 5.85. The van der Waals surface area contributed by atoms with Crippen LogP contribution in [0.1, 0.15) is 22.6 Å². The zero-order valence-corrected chi connectivity index (χ0v) is 13.8. The molecule has 20 heavy (non-hydrogen) atoms. The highest BCUT2D eigenvalue weighted by atomic mass is 32.2. The maximum Gasteiger partial charge on any atom is 0.151 e. The fourth-order valence-electron chi connectivity index (χ4n) is 2.09. The molecule has 3 rings (SSSR count). The molecule has 0 aliphatic heterocycles. The summed E-state index contributed by atoms with van der Waals surface area (Å²) in [5.41, 5.74) is 8.60. The number of thiazole rings is 1. The van der Waals surface area contributed by atoms with Crippen molar-refractivity contribution in [2.75, 3.05) is 0 Å². The van der Waals surface area contributed by atoms with Gasteiger partial charge in [0, 0.05) is 10.9 Å². The quantitative estimate of drug-likeness (QED) is 0.699. The summed E-state index contributed by atoms with van der Waals surface area (Å²) in [5, 5.41) is 2.41. The summed E-state index contributed by atoms with van der Waals surface area (Å²) in [4.78, 5) is 6.07. The molecule has 0 amide bonds. The summed E-state index contributed by atoms with van der Waals surface area (Å²) < 4.78 is 2.34. The molecule has 2 heterocycles. The second-order valence-electron chi connectivity index (χ2n) is 4.81. The van der Waals surface area contributed by atoms with Gasteiger partial charge in [0.25, 0.3) is 0 Å². The zero-order valence-electron chi connectivity index (χ0n) is 11.4. The summed E-state index contributed by atoms with van der Waals surface area (Å²) in [6, 6.07) is 10.5. The Hall–Kier alpha value is -0.880. The van der Waals surface area contributed by atoms with Crippen LogP contribution in [0.15, 0.2) is 40.1 Å². The van der Waals surface area contributed by atoms with E-state index in [9.17, 15) is 0 Å². The summed E-state index contributed by atoms with van der Waals surface area (Å²) in [7, 11) is 0. The molecule has 0 saturated carbocycles. The molecule has 0 aliphatic rings. The molecule has 2 nitrogen and oxygen atoms in total. The Morgan fingerprint density at radius 2 is 2.05 bits per heavy atom. The van der Waals surface area contributed by atoms with Crippen molar-refractivity contribution in [1.82, 2.24) is 4.98 Å². The highest BCUT2D eigenvalue weighted by molar-refractivity contribution is 8.01. The third-order valence-electron chi connectivity index (χ3n) is 3.14. The Morgan fingerprint density at radius 1 is 1.25 bits per heavy atom. The third-order valence-corrected chi connectivity index (χ3v) is 6.97. The molecule has 0 bridgehead atoms. The van der Waals surface area contributed by atoms with E-state index in [-0.39, 0.29) is 11.3 Å². The number of rotatable bonds is 4. The van der Waals surface area contributed by atoms with Crippen molar-refractivity contribution in [1.29, 1.82) is 0 Å². The summed E-state index contributed by atoms with van der Waals surface area (Å²) in [5.74, 6) is 0. The fourth-order valence-corrected chi connectivity index (χ4v) is 5.76. The summed E-state index contributed by atoms with van der Waals surface area (Å²) in [6.45, 7) is 4.23. The highest BCUT2D eigenvalue weighted by Crippen LogP contribution is 2.43. The molecule has 104 valence electrons. The first-order chi connectivity index (χ1) is 9.65. The van der Waals surface area contributed by atoms with Gasteiger partial charge < -0.3 is 5.73 Å². The molecule has 2 aromatic heterocycles. The van der Waals surface area contributed by atoms with Crippen molar-refractivity contribution >= 4 is 44.7 Å². The predicted molar refractivity (Wildman–Crippen MR) is 90.9 cm³/mol. The minimum absolute atomic E-state index is 0.101. The average molecular weight is 321 g/mol. The van der Waals surface area contributed by atoms with Crippen LogP contribution >= 0.6 is 34.4 Å². The van der Waals surface area contributed by atoms with Crippen LogP contribution in [0.4, 0.5) is 0 Å². The molecule has 0 fully saturated rings. The first-order valence-electron chi connectivity index (χ1n) is 6.47. The topological polar surface area (TPSA) is 38.9 Å². The van der Waals surface area contributed by atoms with Crippen LogP contribution in [0, 0.1) is 6.92 Å². The highest BCUT2D eigenvalue weighted by Gasteiger charge is 2.22. The van der Waals surface area contributed by atoms with Crippen LogP contribution in [0.5, 0.6) is 0 Å². The number of nitrogens with two attached hydrogens (primary N) is 1. The second-order valence-corrected chi connectivity index (χ2v) is 8.18. The van der Waals surface area contributed by atoms with E-state index in [1.807, 2.05) is 6.07 Å². The molecule has 2 unspecified atom stereocenters. The Balaban J connectivity index is 1.92. The van der Waals surface area contributed by atoms with Gasteiger partial charge in [-0.1, -0.05) is 23.9 Å². The lowest BCUT2D eigenvalue weighted by Crippen LogP contribution is -2.22. The van der Waals surface area contributed by atoms with Gasteiger partial charge in [-0.15, -0.1) is 22.7 Å². The van der Waals surface area contributed by atoms with Crippen molar-refractivity contribution in [3.05, 3.63) is 46.2 Å². The number of hydrogen-bond donors (Lipinski definition) is 1. The Morgan fingerprint density at radius 3 is 2.70 bits per heavy atom. The van der Waals surface area contributed by atoms with Crippen LogP contribution in [0.25, 0.3) is 10.2 Å². The van der Waals surface area contributed by atoms with E-state index in [0.29, 0.717) is 0 Å². The van der Waals surface area contributed by atoms with Crippen molar-refractivity contribution in [2.45, 2.75) is 29.5 Å². The van der Waals surface area contributed by atoms with Crippen molar-refractivity contribution in [3.8, 4) is 0 Å². The largest absolute Gasteiger partial charge is 0.327 e. The number of aryl methyl sites for hydroxylation is 1. The standard InChI is InChI=1S/C15H16N2S3/c1-9-7-8-18-13(9)14(10(2)16)20-15-17-11-5-3-4-6-12(11)19-15/h3-8,10,14H,16H2,1-2H3. The average Bonchev–Trinajstić information content (AvgIpc) is 3.01. The first-order valence-corrected chi connectivity index (χ1v) is 9.04. The Labute approximate surface area is 131 Å². The van der Waals surface area contributed by atoms with Gasteiger partial charge >= 0.3 is 0 Å². The molecule has 5 heteroatoms. The monoisotopic (exact) mass is 320 g/mol.